The average molecular weight is 319 g/mol. The molecule has 3 nitrogen and oxygen atoms in total. The van der Waals surface area contributed by atoms with Crippen LogP contribution in [0.4, 0.5) is 8.78 Å². The summed E-state index contributed by atoms with van der Waals surface area (Å²) in [5, 5.41) is 11.9. The first-order valence-electron chi connectivity index (χ1n) is 7.42. The van der Waals surface area contributed by atoms with Crippen LogP contribution in [0.25, 0.3) is 0 Å². The number of aryl methyl sites for hydroxylation is 1. The number of aliphatic hydroxyl groups is 1. The molecule has 0 aromatic heterocycles. The van der Waals surface area contributed by atoms with Gasteiger partial charge in [0.1, 0.15) is 6.10 Å². The Balaban J connectivity index is 1.87. The van der Waals surface area contributed by atoms with Crippen LogP contribution in [0.15, 0.2) is 60.7 Å². The first-order valence-corrected chi connectivity index (χ1v) is 7.42. The third-order valence-electron chi connectivity index (χ3n) is 3.57. The Kier molecular flexibility index (Phi) is 5.82. The highest BCUT2D eigenvalue weighted by atomic mass is 19.3. The van der Waals surface area contributed by atoms with Crippen LogP contribution >= 0.6 is 0 Å². The molecule has 5 heteroatoms. The molecule has 122 valence electrons. The Bertz CT molecular complexity index is 617. The topological polar surface area (TPSA) is 49.3 Å². The van der Waals surface area contributed by atoms with Crippen LogP contribution in [0.5, 0.6) is 0 Å². The average Bonchev–Trinajstić information content (AvgIpc) is 2.59. The van der Waals surface area contributed by atoms with E-state index in [1.54, 1.807) is 54.6 Å². The zero-order valence-corrected chi connectivity index (χ0v) is 12.6. The van der Waals surface area contributed by atoms with Gasteiger partial charge in [0.2, 0.25) is 0 Å². The van der Waals surface area contributed by atoms with Gasteiger partial charge >= 0.3 is 5.92 Å². The summed E-state index contributed by atoms with van der Waals surface area (Å²) in [4.78, 5) is 11.7. The predicted molar refractivity (Wildman–Crippen MR) is 84.0 cm³/mol. The van der Waals surface area contributed by atoms with E-state index >= 15 is 0 Å². The first-order chi connectivity index (χ1) is 11.0. The van der Waals surface area contributed by atoms with Gasteiger partial charge in [-0.1, -0.05) is 60.7 Å². The van der Waals surface area contributed by atoms with Crippen molar-refractivity contribution in [3.63, 3.8) is 0 Å². The minimum Gasteiger partial charge on any atom is -0.386 e. The molecular weight excluding hydrogens is 300 g/mol. The number of hydrogen-bond acceptors (Lipinski definition) is 2. The van der Waals surface area contributed by atoms with E-state index in [0.717, 1.165) is 11.1 Å². The predicted octanol–water partition coefficient (Wildman–Crippen LogP) is 2.93. The smallest absolute Gasteiger partial charge is 0.349 e. The van der Waals surface area contributed by atoms with Crippen LogP contribution in [-0.2, 0) is 17.8 Å². The van der Waals surface area contributed by atoms with Crippen LogP contribution in [-0.4, -0.2) is 23.0 Å². The molecule has 2 aromatic rings. The van der Waals surface area contributed by atoms with Gasteiger partial charge in [-0.3, -0.25) is 4.79 Å². The van der Waals surface area contributed by atoms with Crippen molar-refractivity contribution in [1.82, 2.24) is 5.32 Å². The number of alkyl halides is 2. The maximum Gasteiger partial charge on any atom is 0.349 e. The zero-order valence-electron chi connectivity index (χ0n) is 12.6. The summed E-state index contributed by atoms with van der Waals surface area (Å²) in [5.74, 6) is -5.27. The van der Waals surface area contributed by atoms with E-state index in [2.05, 4.69) is 5.32 Å². The second-order valence-electron chi connectivity index (χ2n) is 5.33. The summed E-state index contributed by atoms with van der Waals surface area (Å²) < 4.78 is 27.9. The lowest BCUT2D eigenvalue weighted by molar-refractivity contribution is -0.164. The number of rotatable bonds is 7. The lowest BCUT2D eigenvalue weighted by atomic mass is 10.0. The van der Waals surface area contributed by atoms with E-state index in [1.165, 1.54) is 0 Å². The fourth-order valence-electron chi connectivity index (χ4n) is 2.18. The molecule has 0 fully saturated rings. The highest BCUT2D eigenvalue weighted by Crippen LogP contribution is 2.23. The van der Waals surface area contributed by atoms with Crippen LogP contribution in [0, 0.1) is 0 Å². The molecule has 0 saturated heterocycles. The molecule has 0 heterocycles. The molecule has 1 atom stereocenters. The van der Waals surface area contributed by atoms with E-state index in [9.17, 15) is 18.7 Å². The molecule has 0 saturated carbocycles. The van der Waals surface area contributed by atoms with Crippen LogP contribution in [0.2, 0.25) is 0 Å². The molecule has 23 heavy (non-hydrogen) atoms. The molecule has 2 rings (SSSR count). The number of benzene rings is 2. The van der Waals surface area contributed by atoms with Crippen molar-refractivity contribution in [3.05, 3.63) is 71.8 Å². The lowest BCUT2D eigenvalue weighted by Gasteiger charge is -2.21. The fourth-order valence-corrected chi connectivity index (χ4v) is 2.18. The molecule has 0 aliphatic carbocycles. The minimum atomic E-state index is -3.82. The number of halogens is 2. The highest BCUT2D eigenvalue weighted by molar-refractivity contribution is 5.84. The van der Waals surface area contributed by atoms with Gasteiger partial charge < -0.3 is 10.4 Å². The van der Waals surface area contributed by atoms with Gasteiger partial charge in [0.25, 0.3) is 5.91 Å². The number of nitrogens with one attached hydrogen (secondary N) is 1. The standard InChI is InChI=1S/C18H19F2NO2/c19-18(20,16(22)12-11-14-7-3-1-4-8-14)17(23)21-13-15-9-5-2-6-10-15/h1-10,16,22H,11-13H2,(H,21,23). The summed E-state index contributed by atoms with van der Waals surface area (Å²) >= 11 is 0. The summed E-state index contributed by atoms with van der Waals surface area (Å²) in [7, 11) is 0. The quantitative estimate of drug-likeness (QED) is 0.824. The summed E-state index contributed by atoms with van der Waals surface area (Å²) in [6, 6.07) is 17.8. The molecule has 0 bridgehead atoms. The van der Waals surface area contributed by atoms with Gasteiger partial charge in [0.15, 0.2) is 0 Å². The maximum absolute atomic E-state index is 14.0. The SMILES string of the molecule is O=C(NCc1ccccc1)C(F)(F)C(O)CCc1ccccc1. The van der Waals surface area contributed by atoms with Crippen molar-refractivity contribution in [2.24, 2.45) is 0 Å². The van der Waals surface area contributed by atoms with Crippen molar-refractivity contribution in [1.29, 1.82) is 0 Å². The molecule has 1 unspecified atom stereocenters. The molecule has 2 aromatic carbocycles. The number of amides is 1. The van der Waals surface area contributed by atoms with E-state index in [1.807, 2.05) is 6.07 Å². The van der Waals surface area contributed by atoms with E-state index in [-0.39, 0.29) is 19.4 Å². The monoisotopic (exact) mass is 319 g/mol. The summed E-state index contributed by atoms with van der Waals surface area (Å²) in [6.07, 6.45) is -1.92. The summed E-state index contributed by atoms with van der Waals surface area (Å²) in [6.45, 7) is 0.000663. The van der Waals surface area contributed by atoms with Crippen molar-refractivity contribution in [2.75, 3.05) is 0 Å². The maximum atomic E-state index is 14.0. The van der Waals surface area contributed by atoms with Crippen molar-refractivity contribution < 1.29 is 18.7 Å². The number of hydrogen-bond donors (Lipinski definition) is 2. The molecule has 0 aliphatic heterocycles. The second-order valence-corrected chi connectivity index (χ2v) is 5.33. The minimum absolute atomic E-state index is 0.000663. The Morgan fingerprint density at radius 2 is 1.52 bits per heavy atom. The van der Waals surface area contributed by atoms with Crippen LogP contribution < -0.4 is 5.32 Å². The normalized spacial score (nSPS) is 12.7. The number of carbonyl (C=O) groups is 1. The van der Waals surface area contributed by atoms with E-state index in [0.29, 0.717) is 0 Å². The third kappa shape index (κ3) is 4.86. The zero-order chi connectivity index (χ0) is 16.7. The molecular formula is C18H19F2NO2. The Morgan fingerprint density at radius 1 is 1.00 bits per heavy atom. The summed E-state index contributed by atoms with van der Waals surface area (Å²) in [5.41, 5.74) is 1.56. The van der Waals surface area contributed by atoms with Crippen molar-refractivity contribution >= 4 is 5.91 Å². The third-order valence-corrected chi connectivity index (χ3v) is 3.57. The Morgan fingerprint density at radius 3 is 2.09 bits per heavy atom. The second kappa shape index (κ2) is 7.83. The van der Waals surface area contributed by atoms with Crippen LogP contribution in [0.3, 0.4) is 0 Å². The van der Waals surface area contributed by atoms with E-state index < -0.39 is 17.9 Å². The van der Waals surface area contributed by atoms with Gasteiger partial charge in [0.05, 0.1) is 0 Å². The van der Waals surface area contributed by atoms with Gasteiger partial charge in [-0.2, -0.15) is 8.78 Å². The lowest BCUT2D eigenvalue weighted by Crippen LogP contribution is -2.48. The molecule has 0 radical (unpaired) electrons. The van der Waals surface area contributed by atoms with Crippen molar-refractivity contribution in [2.45, 2.75) is 31.4 Å². The largest absolute Gasteiger partial charge is 0.386 e. The highest BCUT2D eigenvalue weighted by Gasteiger charge is 2.45. The van der Waals surface area contributed by atoms with E-state index in [4.69, 9.17) is 0 Å². The van der Waals surface area contributed by atoms with Gasteiger partial charge in [-0.05, 0) is 24.0 Å². The van der Waals surface area contributed by atoms with Gasteiger partial charge in [0, 0.05) is 6.54 Å². The molecule has 0 spiro atoms. The molecule has 0 aliphatic rings. The number of carbonyl (C=O) groups excluding carboxylic acids is 1. The molecule has 1 amide bonds. The Labute approximate surface area is 134 Å². The first kappa shape index (κ1) is 17.1. The van der Waals surface area contributed by atoms with Crippen LogP contribution in [0.1, 0.15) is 17.5 Å². The van der Waals surface area contributed by atoms with Gasteiger partial charge in [-0.25, -0.2) is 0 Å². The number of aliphatic hydroxyl groups excluding tert-OH is 1. The van der Waals surface area contributed by atoms with Gasteiger partial charge in [-0.15, -0.1) is 0 Å². The Hall–Kier alpha value is -2.27. The molecule has 2 N–H and O–H groups in total. The fraction of sp³-hybridized carbons (Fsp3) is 0.278. The van der Waals surface area contributed by atoms with Crippen molar-refractivity contribution in [3.8, 4) is 0 Å².